The molecule has 0 aromatic carbocycles. The van der Waals surface area contributed by atoms with Gasteiger partial charge < -0.3 is 10.2 Å². The van der Waals surface area contributed by atoms with Crippen LogP contribution in [0.25, 0.3) is 0 Å². The molecular formula is C15H27N3O. The molecule has 1 N–H and O–H groups in total. The van der Waals surface area contributed by atoms with Gasteiger partial charge in [-0.05, 0) is 71.1 Å². The van der Waals surface area contributed by atoms with E-state index in [1.165, 1.54) is 32.1 Å². The zero-order valence-electron chi connectivity index (χ0n) is 12.1. The fourth-order valence-corrected chi connectivity index (χ4v) is 3.68. The molecule has 0 aromatic heterocycles. The third-order valence-corrected chi connectivity index (χ3v) is 5.09. The molecule has 1 amide bonds. The molecule has 3 fully saturated rings. The predicted octanol–water partition coefficient (Wildman–Crippen LogP) is 1.07. The van der Waals surface area contributed by atoms with Crippen molar-refractivity contribution in [3.63, 3.8) is 0 Å². The third-order valence-electron chi connectivity index (χ3n) is 5.09. The molecule has 0 spiro atoms. The van der Waals surface area contributed by atoms with Crippen molar-refractivity contribution in [3.8, 4) is 0 Å². The zero-order valence-corrected chi connectivity index (χ0v) is 12.1. The third kappa shape index (κ3) is 2.95. The fraction of sp³-hybridized carbons (Fsp3) is 0.933. The number of carbonyl (C=O) groups excluding carboxylic acids is 1. The van der Waals surface area contributed by atoms with Gasteiger partial charge in [-0.3, -0.25) is 9.69 Å². The van der Waals surface area contributed by atoms with Crippen molar-refractivity contribution < 1.29 is 4.79 Å². The molecule has 2 saturated heterocycles. The summed E-state index contributed by atoms with van der Waals surface area (Å²) in [5.41, 5.74) is 0. The maximum Gasteiger partial charge on any atom is 0.240 e. The quantitative estimate of drug-likeness (QED) is 0.808. The molecule has 4 heteroatoms. The van der Waals surface area contributed by atoms with Crippen LogP contribution in [0.5, 0.6) is 0 Å². The van der Waals surface area contributed by atoms with Crippen molar-refractivity contribution in [2.75, 3.05) is 33.2 Å². The molecule has 1 atom stereocenters. The summed E-state index contributed by atoms with van der Waals surface area (Å²) in [5, 5.41) is 3.24. The van der Waals surface area contributed by atoms with Crippen molar-refractivity contribution in [1.29, 1.82) is 0 Å². The van der Waals surface area contributed by atoms with E-state index in [9.17, 15) is 4.79 Å². The Bertz CT molecular complexity index is 321. The topological polar surface area (TPSA) is 35.6 Å². The van der Waals surface area contributed by atoms with Crippen LogP contribution >= 0.6 is 0 Å². The molecule has 3 rings (SSSR count). The lowest BCUT2D eigenvalue weighted by Crippen LogP contribution is -2.46. The number of piperidine rings is 1. The van der Waals surface area contributed by atoms with Gasteiger partial charge in [0, 0.05) is 12.6 Å². The summed E-state index contributed by atoms with van der Waals surface area (Å²) in [7, 11) is 2.03. The second-order valence-corrected chi connectivity index (χ2v) is 6.44. The highest BCUT2D eigenvalue weighted by molar-refractivity contribution is 5.84. The molecule has 3 aliphatic rings. The molecule has 2 aliphatic heterocycles. The monoisotopic (exact) mass is 265 g/mol. The summed E-state index contributed by atoms with van der Waals surface area (Å²) in [4.78, 5) is 17.0. The molecule has 0 bridgehead atoms. The van der Waals surface area contributed by atoms with E-state index >= 15 is 0 Å². The number of rotatable bonds is 5. The second-order valence-electron chi connectivity index (χ2n) is 6.44. The number of hydrogen-bond donors (Lipinski definition) is 1. The van der Waals surface area contributed by atoms with Crippen LogP contribution in [0.4, 0.5) is 0 Å². The first-order valence-corrected chi connectivity index (χ1v) is 7.98. The normalized spacial score (nSPS) is 30.3. The van der Waals surface area contributed by atoms with E-state index < -0.39 is 0 Å². The van der Waals surface area contributed by atoms with Gasteiger partial charge in [-0.15, -0.1) is 0 Å². The Kier molecular flexibility index (Phi) is 4.08. The Hall–Kier alpha value is -0.610. The lowest BCUT2D eigenvalue weighted by Gasteiger charge is -2.35. The summed E-state index contributed by atoms with van der Waals surface area (Å²) in [6, 6.07) is 0.816. The van der Waals surface area contributed by atoms with Crippen LogP contribution in [0.15, 0.2) is 0 Å². The zero-order chi connectivity index (χ0) is 13.2. The Morgan fingerprint density at radius 3 is 2.47 bits per heavy atom. The van der Waals surface area contributed by atoms with Gasteiger partial charge in [0.2, 0.25) is 5.91 Å². The minimum absolute atomic E-state index is 0.214. The van der Waals surface area contributed by atoms with E-state index in [1.54, 1.807) is 0 Å². The molecule has 108 valence electrons. The molecule has 2 heterocycles. The van der Waals surface area contributed by atoms with E-state index in [1.807, 2.05) is 7.05 Å². The van der Waals surface area contributed by atoms with E-state index in [4.69, 9.17) is 0 Å². The SMILES string of the molecule is CNCCC1CCN(C2CCN(C3CC3)C2=O)CC1. The molecule has 0 aromatic rings. The summed E-state index contributed by atoms with van der Waals surface area (Å²) in [6.07, 6.45) is 7.38. The molecule has 1 unspecified atom stereocenters. The molecule has 4 nitrogen and oxygen atoms in total. The summed E-state index contributed by atoms with van der Waals surface area (Å²) >= 11 is 0. The Morgan fingerprint density at radius 2 is 1.84 bits per heavy atom. The average Bonchev–Trinajstić information content (AvgIpc) is 3.21. The summed E-state index contributed by atoms with van der Waals surface area (Å²) in [6.45, 7) is 4.39. The van der Waals surface area contributed by atoms with Gasteiger partial charge in [0.05, 0.1) is 6.04 Å². The van der Waals surface area contributed by atoms with Crippen molar-refractivity contribution in [2.24, 2.45) is 5.92 Å². The van der Waals surface area contributed by atoms with Gasteiger partial charge in [-0.25, -0.2) is 0 Å². The highest BCUT2D eigenvalue weighted by Gasteiger charge is 2.43. The summed E-state index contributed by atoms with van der Waals surface area (Å²) in [5.74, 6) is 1.29. The van der Waals surface area contributed by atoms with Gasteiger partial charge in [0.15, 0.2) is 0 Å². The van der Waals surface area contributed by atoms with Crippen molar-refractivity contribution in [3.05, 3.63) is 0 Å². The smallest absolute Gasteiger partial charge is 0.240 e. The van der Waals surface area contributed by atoms with E-state index in [2.05, 4.69) is 15.1 Å². The van der Waals surface area contributed by atoms with Crippen LogP contribution in [-0.2, 0) is 4.79 Å². The maximum atomic E-state index is 12.4. The Morgan fingerprint density at radius 1 is 1.11 bits per heavy atom. The number of hydrogen-bond acceptors (Lipinski definition) is 3. The van der Waals surface area contributed by atoms with Crippen LogP contribution in [0.1, 0.15) is 38.5 Å². The predicted molar refractivity (Wildman–Crippen MR) is 76.0 cm³/mol. The first-order chi connectivity index (χ1) is 9.29. The van der Waals surface area contributed by atoms with Crippen molar-refractivity contribution >= 4 is 5.91 Å². The first-order valence-electron chi connectivity index (χ1n) is 7.98. The number of carbonyl (C=O) groups is 1. The first kappa shape index (κ1) is 13.4. The Labute approximate surface area is 116 Å². The number of likely N-dealkylation sites (tertiary alicyclic amines) is 2. The van der Waals surface area contributed by atoms with Crippen LogP contribution < -0.4 is 5.32 Å². The van der Waals surface area contributed by atoms with Gasteiger partial charge >= 0.3 is 0 Å². The van der Waals surface area contributed by atoms with Crippen molar-refractivity contribution in [1.82, 2.24) is 15.1 Å². The fourth-order valence-electron chi connectivity index (χ4n) is 3.68. The number of nitrogens with zero attached hydrogens (tertiary/aromatic N) is 2. The standard InChI is InChI=1S/C15H27N3O/c1-16-8-4-12-5-9-17(10-6-12)14-7-11-18(15(14)19)13-2-3-13/h12-14,16H,2-11H2,1H3. The Balaban J connectivity index is 1.47. The van der Waals surface area contributed by atoms with E-state index in [-0.39, 0.29) is 6.04 Å². The van der Waals surface area contributed by atoms with Gasteiger partial charge in [0.25, 0.3) is 0 Å². The van der Waals surface area contributed by atoms with Gasteiger partial charge in [-0.1, -0.05) is 0 Å². The molecule has 19 heavy (non-hydrogen) atoms. The van der Waals surface area contributed by atoms with Crippen molar-refractivity contribution in [2.45, 2.75) is 50.6 Å². The highest BCUT2D eigenvalue weighted by Crippen LogP contribution is 2.33. The average molecular weight is 265 g/mol. The lowest BCUT2D eigenvalue weighted by molar-refractivity contribution is -0.133. The molecule has 0 radical (unpaired) electrons. The minimum Gasteiger partial charge on any atom is -0.338 e. The number of amides is 1. The van der Waals surface area contributed by atoms with Crippen LogP contribution in [-0.4, -0.2) is 61.0 Å². The molecule has 1 aliphatic carbocycles. The van der Waals surface area contributed by atoms with Crippen LogP contribution in [0, 0.1) is 5.92 Å². The second kappa shape index (κ2) is 5.80. The maximum absolute atomic E-state index is 12.4. The van der Waals surface area contributed by atoms with Gasteiger partial charge in [-0.2, -0.15) is 0 Å². The lowest BCUT2D eigenvalue weighted by atomic mass is 9.92. The van der Waals surface area contributed by atoms with Crippen LogP contribution in [0.3, 0.4) is 0 Å². The highest BCUT2D eigenvalue weighted by atomic mass is 16.2. The largest absolute Gasteiger partial charge is 0.338 e. The van der Waals surface area contributed by atoms with Gasteiger partial charge in [0.1, 0.15) is 0 Å². The molecule has 1 saturated carbocycles. The van der Waals surface area contributed by atoms with E-state index in [0.717, 1.165) is 38.5 Å². The molecular weight excluding hydrogens is 238 g/mol. The van der Waals surface area contributed by atoms with Crippen LogP contribution in [0.2, 0.25) is 0 Å². The van der Waals surface area contributed by atoms with E-state index in [0.29, 0.717) is 11.9 Å². The minimum atomic E-state index is 0.214. The number of nitrogens with one attached hydrogen (secondary N) is 1. The summed E-state index contributed by atoms with van der Waals surface area (Å²) < 4.78 is 0.